The second kappa shape index (κ2) is 15.2. The molecular formula is C34H35F12N8O3+. The minimum Gasteiger partial charge on any atom is -0.419 e. The van der Waals surface area contributed by atoms with E-state index in [1.165, 1.54) is 0 Å². The maximum Gasteiger partial charge on any atom is 0.429 e. The number of aliphatic hydroxyl groups is 1. The van der Waals surface area contributed by atoms with Gasteiger partial charge in [0.25, 0.3) is 5.89 Å². The van der Waals surface area contributed by atoms with Crippen LogP contribution >= 0.6 is 0 Å². The SMILES string of the molecule is Nc1cc(C(F)(F)F)c2nc1-c1nnc(o1)C(C(F)(F)F)CCCC([n+]1nc3oc1-c1nc(c(C(F)(F)F)cc1N)CCCCCCCC3(O)C(F)(F)F)CCC2. The van der Waals surface area contributed by atoms with Gasteiger partial charge in [-0.2, -0.15) is 52.7 Å². The van der Waals surface area contributed by atoms with Crippen molar-refractivity contribution in [2.24, 2.45) is 0 Å². The lowest BCUT2D eigenvalue weighted by molar-refractivity contribution is -0.769. The van der Waals surface area contributed by atoms with E-state index in [9.17, 15) is 57.8 Å². The second-order valence-corrected chi connectivity index (χ2v) is 14.1. The summed E-state index contributed by atoms with van der Waals surface area (Å²) < 4.78 is 184. The van der Waals surface area contributed by atoms with Crippen LogP contribution < -0.4 is 16.1 Å². The predicted molar refractivity (Wildman–Crippen MR) is 172 cm³/mol. The van der Waals surface area contributed by atoms with Gasteiger partial charge in [0.1, 0.15) is 5.92 Å². The van der Waals surface area contributed by atoms with Gasteiger partial charge >= 0.3 is 36.5 Å². The van der Waals surface area contributed by atoms with E-state index in [4.69, 9.17) is 20.3 Å². The van der Waals surface area contributed by atoms with Gasteiger partial charge < -0.3 is 25.4 Å². The van der Waals surface area contributed by atoms with Gasteiger partial charge in [-0.05, 0) is 68.2 Å². The smallest absolute Gasteiger partial charge is 0.419 e. The van der Waals surface area contributed by atoms with Gasteiger partial charge in [-0.1, -0.05) is 19.3 Å². The summed E-state index contributed by atoms with van der Waals surface area (Å²) in [5.74, 6) is -6.17. The molecule has 0 aliphatic carbocycles. The van der Waals surface area contributed by atoms with Crippen molar-refractivity contribution in [1.29, 1.82) is 0 Å². The lowest BCUT2D eigenvalue weighted by atomic mass is 9.94. The molecule has 4 aromatic heterocycles. The van der Waals surface area contributed by atoms with Crippen molar-refractivity contribution in [3.05, 3.63) is 46.4 Å². The maximum absolute atomic E-state index is 14.7. The van der Waals surface area contributed by atoms with Crippen molar-refractivity contribution in [1.82, 2.24) is 25.3 Å². The highest BCUT2D eigenvalue weighted by atomic mass is 19.4. The first-order chi connectivity index (χ1) is 26.5. The lowest BCUT2D eigenvalue weighted by Gasteiger charge is -2.26. The molecule has 8 bridgehead atoms. The number of aryl methyl sites for hydroxylation is 2. The van der Waals surface area contributed by atoms with Crippen LogP contribution in [0.2, 0.25) is 0 Å². The maximum atomic E-state index is 14.7. The number of nitrogens with two attached hydrogens (primary N) is 2. The number of hydrogen-bond donors (Lipinski definition) is 3. The molecule has 3 atom stereocenters. The first-order valence-corrected chi connectivity index (χ1v) is 17.8. The number of pyridine rings is 2. The molecule has 0 aromatic carbocycles. The van der Waals surface area contributed by atoms with Crippen molar-refractivity contribution in [3.63, 3.8) is 0 Å². The molecule has 5 N–H and O–H groups in total. The first kappa shape index (κ1) is 41.9. The first-order valence-electron chi connectivity index (χ1n) is 17.8. The highest BCUT2D eigenvalue weighted by Gasteiger charge is 2.60. The Morgan fingerprint density at radius 1 is 0.684 bits per heavy atom. The summed E-state index contributed by atoms with van der Waals surface area (Å²) in [6.45, 7) is 0. The molecule has 0 radical (unpaired) electrons. The van der Waals surface area contributed by atoms with Crippen LogP contribution in [0.25, 0.3) is 23.2 Å². The van der Waals surface area contributed by atoms with Crippen LogP contribution in [-0.2, 0) is 30.8 Å². The third-order valence-electron chi connectivity index (χ3n) is 10.1. The number of rotatable bonds is 1. The van der Waals surface area contributed by atoms with Crippen LogP contribution in [0.15, 0.2) is 21.0 Å². The van der Waals surface area contributed by atoms with Gasteiger partial charge in [0.15, 0.2) is 11.7 Å². The molecule has 4 aromatic rings. The van der Waals surface area contributed by atoms with E-state index in [1.807, 2.05) is 0 Å². The zero-order valence-electron chi connectivity index (χ0n) is 29.6. The Balaban J connectivity index is 1.54. The van der Waals surface area contributed by atoms with Crippen LogP contribution in [0.3, 0.4) is 0 Å². The zero-order chi connectivity index (χ0) is 41.7. The normalized spacial score (nSPS) is 22.1. The van der Waals surface area contributed by atoms with E-state index in [-0.39, 0.29) is 44.9 Å². The minimum absolute atomic E-state index is 0.143. The molecule has 6 rings (SSSR count). The Hall–Kier alpha value is -4.70. The number of halogens is 12. The molecule has 0 saturated heterocycles. The number of aromatic nitrogens is 6. The van der Waals surface area contributed by atoms with E-state index < -0.39 is 137 Å². The predicted octanol–water partition coefficient (Wildman–Crippen LogP) is 8.71. The van der Waals surface area contributed by atoms with Crippen LogP contribution in [0.5, 0.6) is 0 Å². The fraction of sp³-hybridized carbons (Fsp3) is 0.588. The summed E-state index contributed by atoms with van der Waals surface area (Å²) in [4.78, 5) is 8.04. The average Bonchev–Trinajstić information content (AvgIpc) is 3.75. The number of nitrogen functional groups attached to an aromatic ring is 2. The Labute approximate surface area is 314 Å². The zero-order valence-corrected chi connectivity index (χ0v) is 29.6. The van der Waals surface area contributed by atoms with Crippen molar-refractivity contribution < 1.29 is 71.3 Å². The van der Waals surface area contributed by atoms with E-state index in [2.05, 4.69) is 25.3 Å². The summed E-state index contributed by atoms with van der Waals surface area (Å²) in [6.07, 6.45) is -23.5. The van der Waals surface area contributed by atoms with Gasteiger partial charge in [0, 0.05) is 17.9 Å². The molecule has 0 spiro atoms. The molecule has 6 heterocycles. The van der Waals surface area contributed by atoms with Gasteiger partial charge in [0.05, 0.1) is 33.9 Å². The molecular weight excluding hydrogens is 796 g/mol. The van der Waals surface area contributed by atoms with Gasteiger partial charge in [0.2, 0.25) is 17.2 Å². The highest BCUT2D eigenvalue weighted by molar-refractivity contribution is 5.68. The molecule has 312 valence electrons. The third kappa shape index (κ3) is 8.62. The largest absolute Gasteiger partial charge is 0.429 e. The summed E-state index contributed by atoms with van der Waals surface area (Å²) in [7, 11) is 0. The Bertz CT molecular complexity index is 2080. The Morgan fingerprint density at radius 3 is 1.86 bits per heavy atom. The third-order valence-corrected chi connectivity index (χ3v) is 10.1. The molecule has 3 unspecified atom stereocenters. The van der Waals surface area contributed by atoms with Gasteiger partial charge in [-0.25, -0.2) is 9.97 Å². The highest BCUT2D eigenvalue weighted by Crippen LogP contribution is 2.45. The fourth-order valence-corrected chi connectivity index (χ4v) is 7.15. The summed E-state index contributed by atoms with van der Waals surface area (Å²) in [5, 5.41) is 22.2. The minimum atomic E-state index is -5.42. The lowest BCUT2D eigenvalue weighted by Crippen LogP contribution is -2.47. The van der Waals surface area contributed by atoms with Crippen molar-refractivity contribution in [2.45, 2.75) is 126 Å². The molecule has 2 aliphatic heterocycles. The Kier molecular flexibility index (Phi) is 11.2. The molecule has 57 heavy (non-hydrogen) atoms. The van der Waals surface area contributed by atoms with E-state index in [1.54, 1.807) is 0 Å². The quantitative estimate of drug-likeness (QED) is 0.125. The summed E-state index contributed by atoms with van der Waals surface area (Å²) in [6, 6.07) is -0.292. The van der Waals surface area contributed by atoms with Gasteiger partial charge in [-0.3, -0.25) is 0 Å². The Morgan fingerprint density at radius 2 is 1.25 bits per heavy atom. The van der Waals surface area contributed by atoms with Crippen LogP contribution in [0, 0.1) is 0 Å². The number of alkyl halides is 12. The molecule has 23 heteroatoms. The standard InChI is InChI=1S/C34H34F12N8O3/c35-31(36,37)17-10-6-8-16(9-7-12-23-18(32(38,39)40)14-20(47)24(49-23)27-52-51-26(17)56-27)54-28-25-21(48)15-19(33(41,42)43)22(50-25)11-4-2-1-3-5-13-30(55,34(44,45)46)29(53-54)57-28/h14-17,48,55H,1-13H2,(H2,47,52)/p+1. The van der Waals surface area contributed by atoms with Crippen LogP contribution in [0.4, 0.5) is 64.1 Å². The van der Waals surface area contributed by atoms with Crippen molar-refractivity contribution in [2.75, 3.05) is 11.5 Å². The van der Waals surface area contributed by atoms with E-state index in [0.717, 1.165) is 4.68 Å². The molecule has 0 amide bonds. The van der Waals surface area contributed by atoms with E-state index >= 15 is 0 Å². The van der Waals surface area contributed by atoms with Crippen molar-refractivity contribution >= 4 is 11.4 Å². The van der Waals surface area contributed by atoms with E-state index in [0.29, 0.717) is 25.0 Å². The monoisotopic (exact) mass is 831 g/mol. The molecule has 2 aliphatic rings. The molecule has 0 saturated carbocycles. The number of fused-ring (bicyclic) bond motifs is 10. The fourth-order valence-electron chi connectivity index (χ4n) is 7.15. The number of anilines is 2. The summed E-state index contributed by atoms with van der Waals surface area (Å²) >= 11 is 0. The van der Waals surface area contributed by atoms with Crippen molar-refractivity contribution in [3.8, 4) is 23.2 Å². The number of nitrogens with zero attached hydrogens (tertiary/aromatic N) is 6. The van der Waals surface area contributed by atoms with Crippen LogP contribution in [-0.4, -0.2) is 42.7 Å². The van der Waals surface area contributed by atoms with Gasteiger partial charge in [-0.15, -0.1) is 10.2 Å². The number of hydrogen-bond acceptors (Lipinski definition) is 10. The summed E-state index contributed by atoms with van der Waals surface area (Å²) in [5.41, 5.74) is 2.00. The van der Waals surface area contributed by atoms with Crippen LogP contribution in [0.1, 0.15) is 117 Å². The molecule has 11 nitrogen and oxygen atoms in total. The second-order valence-electron chi connectivity index (χ2n) is 14.1. The topological polar surface area (TPSA) is 167 Å². The molecule has 0 fully saturated rings. The average molecular weight is 832 g/mol.